The van der Waals surface area contributed by atoms with Crippen LogP contribution in [-0.2, 0) is 0 Å². The van der Waals surface area contributed by atoms with Gasteiger partial charge in [0.25, 0.3) is 0 Å². The number of anilines is 1. The van der Waals surface area contributed by atoms with Crippen molar-refractivity contribution < 1.29 is 0 Å². The summed E-state index contributed by atoms with van der Waals surface area (Å²) in [7, 11) is 0. The van der Waals surface area contributed by atoms with Crippen LogP contribution in [-0.4, -0.2) is 36.1 Å². The number of hydrogen-bond donors (Lipinski definition) is 1. The van der Waals surface area contributed by atoms with Crippen LogP contribution in [0.25, 0.3) is 0 Å². The van der Waals surface area contributed by atoms with Crippen molar-refractivity contribution in [3.05, 3.63) is 18.1 Å². The molecular formula is C11H13N5. The molecule has 5 nitrogen and oxygen atoms in total. The van der Waals surface area contributed by atoms with Gasteiger partial charge >= 0.3 is 0 Å². The smallest absolute Gasteiger partial charge is 0.158 e. The van der Waals surface area contributed by atoms with E-state index in [9.17, 15) is 0 Å². The van der Waals surface area contributed by atoms with Crippen molar-refractivity contribution in [2.75, 3.05) is 31.1 Å². The Balaban J connectivity index is 1.76. The predicted octanol–water partition coefficient (Wildman–Crippen LogP) is 0.00388. The zero-order valence-electron chi connectivity index (χ0n) is 8.93. The Morgan fingerprint density at radius 3 is 2.56 bits per heavy atom. The molecule has 3 heterocycles. The third kappa shape index (κ3) is 1.51. The van der Waals surface area contributed by atoms with Crippen LogP contribution in [0.5, 0.6) is 0 Å². The second-order valence-electron chi connectivity index (χ2n) is 4.46. The Morgan fingerprint density at radius 1 is 1.25 bits per heavy atom. The topological polar surface area (TPSA) is 64.8 Å². The van der Waals surface area contributed by atoms with E-state index in [0.29, 0.717) is 5.69 Å². The van der Waals surface area contributed by atoms with E-state index in [1.54, 1.807) is 12.4 Å². The molecule has 2 saturated heterocycles. The van der Waals surface area contributed by atoms with Crippen LogP contribution in [0.2, 0.25) is 0 Å². The molecule has 0 bridgehead atoms. The number of nitrogens with one attached hydrogen (secondary N) is 1. The van der Waals surface area contributed by atoms with E-state index >= 15 is 0 Å². The van der Waals surface area contributed by atoms with E-state index in [4.69, 9.17) is 5.26 Å². The van der Waals surface area contributed by atoms with Crippen LogP contribution in [0.3, 0.4) is 0 Å². The lowest BCUT2D eigenvalue weighted by molar-refractivity contribution is 0.533. The first-order chi connectivity index (χ1) is 7.86. The average molecular weight is 215 g/mol. The van der Waals surface area contributed by atoms with Gasteiger partial charge in [-0.25, -0.2) is 9.97 Å². The van der Waals surface area contributed by atoms with Crippen LogP contribution in [0, 0.1) is 23.2 Å². The van der Waals surface area contributed by atoms with E-state index in [2.05, 4.69) is 20.2 Å². The standard InChI is InChI=1S/C11H13N5/c12-1-10-4-15-11(5-14-10)16-6-8-2-13-3-9(8)7-16/h4-5,8-9,13H,2-3,6-7H2. The molecule has 0 spiro atoms. The van der Waals surface area contributed by atoms with Crippen molar-refractivity contribution in [2.24, 2.45) is 11.8 Å². The summed E-state index contributed by atoms with van der Waals surface area (Å²) in [6.45, 7) is 4.34. The molecule has 2 aliphatic heterocycles. The lowest BCUT2D eigenvalue weighted by atomic mass is 10.0. The molecule has 2 unspecified atom stereocenters. The lowest BCUT2D eigenvalue weighted by Crippen LogP contribution is -2.26. The summed E-state index contributed by atoms with van der Waals surface area (Å²) in [6, 6.07) is 1.98. The minimum absolute atomic E-state index is 0.379. The fraction of sp³-hybridized carbons (Fsp3) is 0.545. The first kappa shape index (κ1) is 9.55. The van der Waals surface area contributed by atoms with Crippen molar-refractivity contribution in [3.8, 4) is 6.07 Å². The van der Waals surface area contributed by atoms with Crippen LogP contribution in [0.1, 0.15) is 5.69 Å². The number of aromatic nitrogens is 2. The molecule has 0 aliphatic carbocycles. The molecule has 0 saturated carbocycles. The quantitative estimate of drug-likeness (QED) is 0.714. The van der Waals surface area contributed by atoms with Crippen LogP contribution in [0.4, 0.5) is 5.82 Å². The number of rotatable bonds is 1. The number of nitrogens with zero attached hydrogens (tertiary/aromatic N) is 4. The highest BCUT2D eigenvalue weighted by Crippen LogP contribution is 2.28. The molecule has 1 aromatic rings. The first-order valence-corrected chi connectivity index (χ1v) is 5.54. The van der Waals surface area contributed by atoms with Crippen molar-refractivity contribution in [3.63, 3.8) is 0 Å². The average Bonchev–Trinajstić information content (AvgIpc) is 2.89. The van der Waals surface area contributed by atoms with Gasteiger partial charge in [0.1, 0.15) is 11.9 Å². The second-order valence-corrected chi connectivity index (χ2v) is 4.46. The summed E-state index contributed by atoms with van der Waals surface area (Å²) in [5.74, 6) is 2.39. The minimum Gasteiger partial charge on any atom is -0.355 e. The Kier molecular flexibility index (Phi) is 2.22. The summed E-state index contributed by atoms with van der Waals surface area (Å²) < 4.78 is 0. The summed E-state index contributed by atoms with van der Waals surface area (Å²) in [5, 5.41) is 12.1. The summed E-state index contributed by atoms with van der Waals surface area (Å²) >= 11 is 0. The Labute approximate surface area is 94.1 Å². The van der Waals surface area contributed by atoms with Gasteiger partial charge in [0.05, 0.1) is 12.4 Å². The number of nitriles is 1. The first-order valence-electron chi connectivity index (χ1n) is 5.54. The van der Waals surface area contributed by atoms with Gasteiger partial charge in [-0.1, -0.05) is 0 Å². The summed E-state index contributed by atoms with van der Waals surface area (Å²) in [6.07, 6.45) is 3.24. The SMILES string of the molecule is N#Cc1cnc(N2CC3CNCC3C2)cn1. The van der Waals surface area contributed by atoms with Gasteiger partial charge in [-0.2, -0.15) is 5.26 Å². The van der Waals surface area contributed by atoms with Crippen molar-refractivity contribution in [1.29, 1.82) is 5.26 Å². The molecule has 82 valence electrons. The number of fused-ring (bicyclic) bond motifs is 1. The van der Waals surface area contributed by atoms with Gasteiger partial charge in [-0.15, -0.1) is 0 Å². The highest BCUT2D eigenvalue weighted by molar-refractivity contribution is 5.39. The largest absolute Gasteiger partial charge is 0.355 e. The van der Waals surface area contributed by atoms with Gasteiger partial charge in [0, 0.05) is 26.2 Å². The van der Waals surface area contributed by atoms with Crippen molar-refractivity contribution >= 4 is 5.82 Å². The van der Waals surface area contributed by atoms with Gasteiger partial charge in [-0.3, -0.25) is 0 Å². The summed E-state index contributed by atoms with van der Waals surface area (Å²) in [5.41, 5.74) is 0.379. The lowest BCUT2D eigenvalue weighted by Gasteiger charge is -2.17. The molecule has 0 aromatic carbocycles. The molecule has 16 heavy (non-hydrogen) atoms. The Morgan fingerprint density at radius 2 is 2.00 bits per heavy atom. The maximum absolute atomic E-state index is 8.65. The van der Waals surface area contributed by atoms with Crippen LogP contribution >= 0.6 is 0 Å². The highest BCUT2D eigenvalue weighted by Gasteiger charge is 2.36. The summed E-state index contributed by atoms with van der Waals surface area (Å²) in [4.78, 5) is 10.6. The Hall–Kier alpha value is -1.67. The zero-order valence-corrected chi connectivity index (χ0v) is 8.93. The van der Waals surface area contributed by atoms with Crippen LogP contribution < -0.4 is 10.2 Å². The van der Waals surface area contributed by atoms with Crippen molar-refractivity contribution in [1.82, 2.24) is 15.3 Å². The molecule has 2 aliphatic rings. The third-order valence-corrected chi connectivity index (χ3v) is 3.47. The molecular weight excluding hydrogens is 202 g/mol. The zero-order chi connectivity index (χ0) is 11.0. The van der Waals surface area contributed by atoms with Gasteiger partial charge < -0.3 is 10.2 Å². The molecule has 3 rings (SSSR count). The van der Waals surface area contributed by atoms with E-state index < -0.39 is 0 Å². The Bertz CT molecular complexity index is 409. The van der Waals surface area contributed by atoms with E-state index in [-0.39, 0.29) is 0 Å². The second kappa shape index (κ2) is 3.72. The minimum atomic E-state index is 0.379. The van der Waals surface area contributed by atoms with E-state index in [0.717, 1.165) is 43.8 Å². The fourth-order valence-corrected chi connectivity index (χ4v) is 2.58. The number of hydrogen-bond acceptors (Lipinski definition) is 5. The predicted molar refractivity (Wildman–Crippen MR) is 58.8 cm³/mol. The maximum atomic E-state index is 8.65. The monoisotopic (exact) mass is 215 g/mol. The normalized spacial score (nSPS) is 27.8. The van der Waals surface area contributed by atoms with E-state index in [1.807, 2.05) is 6.07 Å². The highest BCUT2D eigenvalue weighted by atomic mass is 15.2. The van der Waals surface area contributed by atoms with Crippen LogP contribution in [0.15, 0.2) is 12.4 Å². The fourth-order valence-electron chi connectivity index (χ4n) is 2.58. The van der Waals surface area contributed by atoms with Gasteiger partial charge in [-0.05, 0) is 11.8 Å². The maximum Gasteiger partial charge on any atom is 0.158 e. The molecule has 0 amide bonds. The van der Waals surface area contributed by atoms with Gasteiger partial charge in [0.2, 0.25) is 0 Å². The molecule has 2 atom stereocenters. The molecule has 1 N–H and O–H groups in total. The van der Waals surface area contributed by atoms with Gasteiger partial charge in [0.15, 0.2) is 5.69 Å². The van der Waals surface area contributed by atoms with Crippen molar-refractivity contribution in [2.45, 2.75) is 0 Å². The molecule has 2 fully saturated rings. The molecule has 0 radical (unpaired) electrons. The third-order valence-electron chi connectivity index (χ3n) is 3.47. The molecule has 1 aromatic heterocycles. The van der Waals surface area contributed by atoms with E-state index in [1.165, 1.54) is 0 Å². The molecule has 5 heteroatoms.